The number of rotatable bonds is 10. The molecule has 1 aliphatic heterocycles. The van der Waals surface area contributed by atoms with Crippen LogP contribution in [0, 0.1) is 11.3 Å². The second kappa shape index (κ2) is 13.2. The molecule has 2 aromatic carbocycles. The molecule has 2 aromatic rings. The summed E-state index contributed by atoms with van der Waals surface area (Å²) in [4.78, 5) is 40.2. The van der Waals surface area contributed by atoms with Crippen LogP contribution in [0.2, 0.25) is 0 Å². The molecule has 14 heteroatoms. The van der Waals surface area contributed by atoms with Gasteiger partial charge in [0.1, 0.15) is 28.9 Å². The lowest BCUT2D eigenvalue weighted by Crippen LogP contribution is -2.57. The van der Waals surface area contributed by atoms with E-state index >= 15 is 0 Å². The lowest BCUT2D eigenvalue weighted by atomic mass is 9.72. The van der Waals surface area contributed by atoms with E-state index in [1.165, 1.54) is 32.2 Å². The number of carbonyl (C=O) groups excluding carboxylic acids is 3. The van der Waals surface area contributed by atoms with Gasteiger partial charge in [-0.3, -0.25) is 19.7 Å². The molecular weight excluding hydrogens is 624 g/mol. The number of aromatic hydroxyl groups is 2. The van der Waals surface area contributed by atoms with Gasteiger partial charge in [-0.25, -0.2) is 0 Å². The molecule has 0 spiro atoms. The molecule has 3 unspecified atom stereocenters. The third-order valence-electron chi connectivity index (χ3n) is 8.83. The Morgan fingerprint density at radius 1 is 1.22 bits per heavy atom. The summed E-state index contributed by atoms with van der Waals surface area (Å²) in [6.07, 6.45) is -5.14. The molecule has 2 aliphatic carbocycles. The molecule has 0 amide bonds. The number of aliphatic hydroxyl groups excluding tert-OH is 1. The molecule has 3 aliphatic rings. The second-order valence-electron chi connectivity index (χ2n) is 11.7. The van der Waals surface area contributed by atoms with E-state index in [9.17, 15) is 40.1 Å². The van der Waals surface area contributed by atoms with Crippen LogP contribution in [-0.2, 0) is 25.4 Å². The van der Waals surface area contributed by atoms with E-state index in [4.69, 9.17) is 30.5 Å². The minimum atomic E-state index is -2.07. The first-order chi connectivity index (χ1) is 21.9. The first-order valence-corrected chi connectivity index (χ1v) is 15.3. The molecule has 246 valence electrons. The van der Waals surface area contributed by atoms with Crippen LogP contribution in [0.1, 0.15) is 75.8 Å². The maximum Gasteiger partial charge on any atom is 0.202 e. The third-order valence-corrected chi connectivity index (χ3v) is 8.98. The number of hydrogen-bond donors (Lipinski definition) is 5. The fourth-order valence-electron chi connectivity index (χ4n) is 6.43. The van der Waals surface area contributed by atoms with E-state index in [1.54, 1.807) is 6.92 Å². The lowest BCUT2D eigenvalue weighted by molar-refractivity contribution is -0.250. The smallest absolute Gasteiger partial charge is 0.202 e. The second-order valence-corrected chi connectivity index (χ2v) is 12.1. The van der Waals surface area contributed by atoms with Crippen molar-refractivity contribution in [3.05, 3.63) is 51.6 Å². The highest BCUT2D eigenvalue weighted by molar-refractivity contribution is 6.31. The minimum Gasteiger partial charge on any atom is -0.507 e. The van der Waals surface area contributed by atoms with Gasteiger partial charge in [0.2, 0.25) is 5.78 Å². The summed E-state index contributed by atoms with van der Waals surface area (Å²) >= 11 is 5.65. The molecule has 1 heterocycles. The zero-order valence-corrected chi connectivity index (χ0v) is 26.2. The number of carbonyl (C=O) groups is 3. The first-order valence-electron chi connectivity index (χ1n) is 14.8. The summed E-state index contributed by atoms with van der Waals surface area (Å²) in [5, 5.41) is 58.0. The standard InChI is InChI=1S/C32H35ClN2O11/c1-14-27(37)19(35-16(12-34)13-44-8-7-33)9-22(45-14)46-21-11-32(42,15(2)36)10-18-24(21)31(41)26-25(29(18)39)28(38)17-5-4-6-20(43-3)23(17)30(26)40/h4-6,14,16,19,21-22,27,35,37,39,41-42H,7-11,13H2,1-3H3/t14-,16?,19?,21-,22-,27?,32-/m0/s1. The molecule has 0 bridgehead atoms. The van der Waals surface area contributed by atoms with Crippen LogP contribution in [0.15, 0.2) is 18.2 Å². The normalized spacial score (nSPS) is 27.6. The summed E-state index contributed by atoms with van der Waals surface area (Å²) in [7, 11) is 1.33. The highest BCUT2D eigenvalue weighted by atomic mass is 35.5. The summed E-state index contributed by atoms with van der Waals surface area (Å²) in [6, 6.07) is 4.95. The topological polar surface area (TPSA) is 205 Å². The SMILES string of the molecule is COc1cccc2c1C(=O)c1c(O)c3c(c(O)c1C2=O)C[C@@](O)(C(C)=O)C[C@@H]3O[C@H]1CC(NC(C#N)COCCCl)C(O)[C@H](C)O1. The lowest BCUT2D eigenvalue weighted by Gasteiger charge is -2.43. The molecule has 5 N–H and O–H groups in total. The van der Waals surface area contributed by atoms with Crippen LogP contribution >= 0.6 is 11.6 Å². The summed E-state index contributed by atoms with van der Waals surface area (Å²) in [6.45, 7) is 2.99. The number of Topliss-reactive ketones (excluding diaryl/α,β-unsaturated/α-hetero) is 1. The predicted octanol–water partition coefficient (Wildman–Crippen LogP) is 1.81. The number of ether oxygens (including phenoxy) is 4. The van der Waals surface area contributed by atoms with Gasteiger partial charge < -0.3 is 39.4 Å². The average Bonchev–Trinajstić information content (AvgIpc) is 3.02. The zero-order valence-electron chi connectivity index (χ0n) is 25.4. The van der Waals surface area contributed by atoms with E-state index in [2.05, 4.69) is 11.4 Å². The van der Waals surface area contributed by atoms with Crippen molar-refractivity contribution in [2.75, 3.05) is 26.2 Å². The first kappa shape index (κ1) is 33.7. The van der Waals surface area contributed by atoms with E-state index < -0.39 is 88.7 Å². The number of nitrogens with one attached hydrogen (secondary N) is 1. The molecule has 46 heavy (non-hydrogen) atoms. The van der Waals surface area contributed by atoms with Crippen LogP contribution in [0.5, 0.6) is 17.2 Å². The van der Waals surface area contributed by atoms with Crippen molar-refractivity contribution in [1.29, 1.82) is 5.26 Å². The zero-order chi connectivity index (χ0) is 33.5. The van der Waals surface area contributed by atoms with Gasteiger partial charge in [-0.2, -0.15) is 5.26 Å². The largest absolute Gasteiger partial charge is 0.507 e. The average molecular weight is 659 g/mol. The molecule has 1 fully saturated rings. The molecule has 5 rings (SSSR count). The maximum atomic E-state index is 13.8. The molecule has 0 aromatic heterocycles. The summed E-state index contributed by atoms with van der Waals surface area (Å²) < 4.78 is 22.8. The quantitative estimate of drug-likeness (QED) is 0.120. The number of methoxy groups -OCH3 is 1. The number of aliphatic hydroxyl groups is 2. The number of phenols is 2. The molecule has 1 saturated heterocycles. The van der Waals surface area contributed by atoms with Crippen LogP contribution in [0.3, 0.4) is 0 Å². The maximum absolute atomic E-state index is 13.8. The highest BCUT2D eigenvalue weighted by Gasteiger charge is 2.49. The fraction of sp³-hybridized carbons (Fsp3) is 0.500. The number of alkyl halides is 1. The number of benzene rings is 2. The Hall–Kier alpha value is -3.61. The minimum absolute atomic E-state index is 0.00771. The Balaban J connectivity index is 1.54. The number of ketones is 3. The van der Waals surface area contributed by atoms with E-state index in [0.29, 0.717) is 0 Å². The Morgan fingerprint density at radius 2 is 1.93 bits per heavy atom. The Morgan fingerprint density at radius 3 is 2.59 bits per heavy atom. The van der Waals surface area contributed by atoms with Gasteiger partial charge in [-0.1, -0.05) is 12.1 Å². The molecule has 0 saturated carbocycles. The Kier molecular flexibility index (Phi) is 9.72. The molecular formula is C32H35ClN2O11. The van der Waals surface area contributed by atoms with Gasteiger partial charge in [0.15, 0.2) is 17.9 Å². The molecule has 7 atom stereocenters. The van der Waals surface area contributed by atoms with Crippen molar-refractivity contribution in [3.63, 3.8) is 0 Å². The van der Waals surface area contributed by atoms with Crippen LogP contribution in [-0.4, -0.2) is 100 Å². The highest BCUT2D eigenvalue weighted by Crippen LogP contribution is 2.52. The number of phenolic OH excluding ortho intramolecular Hbond substituents is 2. The van der Waals surface area contributed by atoms with Gasteiger partial charge >= 0.3 is 0 Å². The molecule has 0 radical (unpaired) electrons. The van der Waals surface area contributed by atoms with Gasteiger partial charge in [0, 0.05) is 47.9 Å². The van der Waals surface area contributed by atoms with E-state index in [0.717, 1.165) is 0 Å². The predicted molar refractivity (Wildman–Crippen MR) is 160 cm³/mol. The van der Waals surface area contributed by atoms with Gasteiger partial charge in [0.25, 0.3) is 0 Å². The third kappa shape index (κ3) is 5.86. The number of nitriles is 1. The number of nitrogens with zero attached hydrogens (tertiary/aromatic N) is 1. The number of hydrogen-bond acceptors (Lipinski definition) is 13. The number of fused-ring (bicyclic) bond motifs is 3. The Labute approximate surface area is 269 Å². The summed E-state index contributed by atoms with van der Waals surface area (Å²) in [5.41, 5.74) is -3.32. The molecule has 13 nitrogen and oxygen atoms in total. The van der Waals surface area contributed by atoms with E-state index in [-0.39, 0.29) is 59.9 Å². The van der Waals surface area contributed by atoms with Crippen molar-refractivity contribution in [2.45, 2.75) is 75.4 Å². The van der Waals surface area contributed by atoms with Crippen molar-refractivity contribution < 1.29 is 53.8 Å². The monoisotopic (exact) mass is 658 g/mol. The van der Waals surface area contributed by atoms with Crippen molar-refractivity contribution in [3.8, 4) is 23.3 Å². The van der Waals surface area contributed by atoms with E-state index in [1.807, 2.05) is 0 Å². The van der Waals surface area contributed by atoms with Crippen molar-refractivity contribution in [1.82, 2.24) is 5.32 Å². The van der Waals surface area contributed by atoms with Gasteiger partial charge in [-0.05, 0) is 19.9 Å². The van der Waals surface area contributed by atoms with Crippen molar-refractivity contribution in [2.24, 2.45) is 0 Å². The Bertz CT molecular complexity index is 1610. The van der Waals surface area contributed by atoms with Crippen molar-refractivity contribution >= 4 is 29.0 Å². The van der Waals surface area contributed by atoms with Gasteiger partial charge in [0.05, 0.1) is 61.4 Å². The van der Waals surface area contributed by atoms with Crippen LogP contribution in [0.25, 0.3) is 0 Å². The van der Waals surface area contributed by atoms with Crippen LogP contribution in [0.4, 0.5) is 0 Å². The van der Waals surface area contributed by atoms with Gasteiger partial charge in [-0.15, -0.1) is 11.6 Å². The van der Waals surface area contributed by atoms with Crippen LogP contribution < -0.4 is 10.1 Å². The summed E-state index contributed by atoms with van der Waals surface area (Å²) in [5.74, 6) is -3.13. The fourth-order valence-corrected chi connectivity index (χ4v) is 6.54. The number of halogens is 1.